The molecule has 0 saturated carbocycles. The van der Waals surface area contributed by atoms with Crippen LogP contribution in [0.4, 0.5) is 35.1 Å². The minimum Gasteiger partial charge on any atom is -0.205 e. The molecule has 0 spiro atoms. The van der Waals surface area contributed by atoms with Crippen molar-refractivity contribution in [2.24, 2.45) is 0 Å². The van der Waals surface area contributed by atoms with Crippen LogP contribution in [0.25, 0.3) is 0 Å². The summed E-state index contributed by atoms with van der Waals surface area (Å²) in [6.45, 7) is 0. The molecule has 0 saturated heterocycles. The van der Waals surface area contributed by atoms with Crippen molar-refractivity contribution in [3.8, 4) is 0 Å². The molecular formula is C8H2F8. The third-order valence-corrected chi connectivity index (χ3v) is 1.78. The van der Waals surface area contributed by atoms with Gasteiger partial charge in [0.15, 0.2) is 23.3 Å². The number of hydrogen-bond acceptors (Lipinski definition) is 0. The van der Waals surface area contributed by atoms with Crippen LogP contribution in [0.2, 0.25) is 0 Å². The summed E-state index contributed by atoms with van der Waals surface area (Å²) in [6.07, 6.45) is -7.76. The summed E-state index contributed by atoms with van der Waals surface area (Å²) in [5.41, 5.74) is -4.32. The lowest BCUT2D eigenvalue weighted by molar-refractivity contribution is 0.113. The molecule has 0 radical (unpaired) electrons. The maximum absolute atomic E-state index is 12.7. The molecule has 0 heterocycles. The lowest BCUT2D eigenvalue weighted by Gasteiger charge is -2.11. The fraction of sp³-hybridized carbons (Fsp3) is 0.250. The van der Waals surface area contributed by atoms with E-state index in [1.54, 1.807) is 0 Å². The molecule has 0 N–H and O–H groups in total. The van der Waals surface area contributed by atoms with Crippen molar-refractivity contribution >= 4 is 0 Å². The van der Waals surface area contributed by atoms with E-state index >= 15 is 0 Å². The van der Waals surface area contributed by atoms with Crippen LogP contribution >= 0.6 is 0 Å². The summed E-state index contributed by atoms with van der Waals surface area (Å²) in [6, 6.07) is 0. The van der Waals surface area contributed by atoms with Gasteiger partial charge in [0, 0.05) is 0 Å². The van der Waals surface area contributed by atoms with E-state index in [9.17, 15) is 35.1 Å². The van der Waals surface area contributed by atoms with E-state index in [0.29, 0.717) is 0 Å². The van der Waals surface area contributed by atoms with E-state index in [1.165, 1.54) is 0 Å². The monoisotopic (exact) mass is 250 g/mol. The summed E-state index contributed by atoms with van der Waals surface area (Å²) >= 11 is 0. The Morgan fingerprint density at radius 2 is 0.750 bits per heavy atom. The zero-order valence-corrected chi connectivity index (χ0v) is 7.18. The largest absolute Gasteiger partial charge is 0.267 e. The zero-order chi connectivity index (χ0) is 12.6. The smallest absolute Gasteiger partial charge is 0.205 e. The van der Waals surface area contributed by atoms with Crippen LogP contribution < -0.4 is 0 Å². The molecule has 8 heteroatoms. The average molecular weight is 250 g/mol. The number of halogens is 8. The Hall–Kier alpha value is -1.34. The van der Waals surface area contributed by atoms with Gasteiger partial charge in [-0.1, -0.05) is 0 Å². The first-order valence-corrected chi connectivity index (χ1v) is 3.71. The second-order valence-electron chi connectivity index (χ2n) is 2.68. The zero-order valence-electron chi connectivity index (χ0n) is 7.18. The normalized spacial score (nSPS) is 11.6. The summed E-state index contributed by atoms with van der Waals surface area (Å²) in [5.74, 6) is -10.1. The van der Waals surface area contributed by atoms with Crippen LogP contribution in [0.5, 0.6) is 0 Å². The minimum absolute atomic E-state index is 2.16. The lowest BCUT2D eigenvalue weighted by Crippen LogP contribution is -2.09. The second kappa shape index (κ2) is 4.26. The quantitative estimate of drug-likeness (QED) is 0.420. The van der Waals surface area contributed by atoms with Gasteiger partial charge in [-0.3, -0.25) is 0 Å². The highest BCUT2D eigenvalue weighted by Gasteiger charge is 2.33. The molecule has 1 aromatic rings. The van der Waals surface area contributed by atoms with E-state index in [2.05, 4.69) is 0 Å². The van der Waals surface area contributed by atoms with E-state index in [0.717, 1.165) is 0 Å². The molecule has 1 aromatic carbocycles. The van der Waals surface area contributed by atoms with Gasteiger partial charge in [0.2, 0.25) is 0 Å². The second-order valence-corrected chi connectivity index (χ2v) is 2.68. The van der Waals surface area contributed by atoms with Crippen molar-refractivity contribution in [1.82, 2.24) is 0 Å². The fourth-order valence-corrected chi connectivity index (χ4v) is 1.09. The molecule has 0 nitrogen and oxygen atoms in total. The molecular weight excluding hydrogens is 248 g/mol. The summed E-state index contributed by atoms with van der Waals surface area (Å²) in [7, 11) is 0. The van der Waals surface area contributed by atoms with Gasteiger partial charge in [0.25, 0.3) is 12.9 Å². The summed E-state index contributed by atoms with van der Waals surface area (Å²) < 4.78 is 98.9. The van der Waals surface area contributed by atoms with Crippen molar-refractivity contribution < 1.29 is 35.1 Å². The molecule has 0 aliphatic rings. The third-order valence-electron chi connectivity index (χ3n) is 1.78. The van der Waals surface area contributed by atoms with Crippen LogP contribution in [-0.2, 0) is 0 Å². The highest BCUT2D eigenvalue weighted by atomic mass is 19.3. The van der Waals surface area contributed by atoms with Crippen LogP contribution in [0, 0.1) is 23.3 Å². The Bertz CT molecular complexity index is 372. The molecule has 0 amide bonds. The average Bonchev–Trinajstić information content (AvgIpc) is 2.18. The summed E-state index contributed by atoms with van der Waals surface area (Å²) in [5, 5.41) is 0. The van der Waals surface area contributed by atoms with E-state index in [4.69, 9.17) is 0 Å². The third kappa shape index (κ3) is 1.83. The van der Waals surface area contributed by atoms with Crippen molar-refractivity contribution in [3.05, 3.63) is 34.4 Å². The Labute approximate surface area is 83.5 Å². The predicted octanol–water partition coefficient (Wildman–Crippen LogP) is 4.12. The molecule has 0 fully saturated rings. The van der Waals surface area contributed by atoms with Crippen molar-refractivity contribution in [1.29, 1.82) is 0 Å². The van der Waals surface area contributed by atoms with Gasteiger partial charge in [-0.25, -0.2) is 35.1 Å². The minimum atomic E-state index is -3.88. The first-order valence-electron chi connectivity index (χ1n) is 3.71. The topological polar surface area (TPSA) is 0 Å². The Balaban J connectivity index is 3.69. The van der Waals surface area contributed by atoms with Gasteiger partial charge in [-0.05, 0) is 0 Å². The molecule has 1 rings (SSSR count). The SMILES string of the molecule is Fc1c(F)c(F)c(C(F)F)c(C(F)F)c1F. The summed E-state index contributed by atoms with van der Waals surface area (Å²) in [4.78, 5) is 0. The maximum Gasteiger partial charge on any atom is 0.267 e. The first kappa shape index (κ1) is 12.7. The molecule has 16 heavy (non-hydrogen) atoms. The molecule has 0 aliphatic carbocycles. The molecule has 0 aromatic heterocycles. The maximum atomic E-state index is 12.7. The highest BCUT2D eigenvalue weighted by molar-refractivity contribution is 5.34. The molecule has 0 aliphatic heterocycles. The standard InChI is InChI=1S/C8H2F8/c9-3-1(7(13)14)2(8(15)16)4(10)6(12)5(3)11/h7-8H. The van der Waals surface area contributed by atoms with Crippen molar-refractivity contribution in [3.63, 3.8) is 0 Å². The predicted molar refractivity (Wildman–Crippen MR) is 36.2 cm³/mol. The highest BCUT2D eigenvalue weighted by Crippen LogP contribution is 2.36. The number of hydrogen-bond donors (Lipinski definition) is 0. The van der Waals surface area contributed by atoms with Crippen LogP contribution in [0.1, 0.15) is 24.0 Å². The van der Waals surface area contributed by atoms with Gasteiger partial charge in [-0.15, -0.1) is 0 Å². The van der Waals surface area contributed by atoms with Gasteiger partial charge in [-0.2, -0.15) is 0 Å². The van der Waals surface area contributed by atoms with E-state index < -0.39 is 47.2 Å². The Kier molecular flexibility index (Phi) is 3.39. The van der Waals surface area contributed by atoms with E-state index in [1.807, 2.05) is 0 Å². The number of alkyl halides is 4. The number of benzene rings is 1. The molecule has 0 atom stereocenters. The fourth-order valence-electron chi connectivity index (χ4n) is 1.09. The lowest BCUT2D eigenvalue weighted by atomic mass is 10.1. The molecule has 0 bridgehead atoms. The van der Waals surface area contributed by atoms with Crippen LogP contribution in [-0.4, -0.2) is 0 Å². The van der Waals surface area contributed by atoms with Gasteiger partial charge >= 0.3 is 0 Å². The van der Waals surface area contributed by atoms with Gasteiger partial charge < -0.3 is 0 Å². The number of rotatable bonds is 2. The van der Waals surface area contributed by atoms with Crippen molar-refractivity contribution in [2.45, 2.75) is 12.9 Å². The van der Waals surface area contributed by atoms with Crippen LogP contribution in [0.15, 0.2) is 0 Å². The van der Waals surface area contributed by atoms with Crippen LogP contribution in [0.3, 0.4) is 0 Å². The van der Waals surface area contributed by atoms with E-state index in [-0.39, 0.29) is 0 Å². The Morgan fingerprint density at radius 3 is 0.938 bits per heavy atom. The molecule has 0 unspecified atom stereocenters. The van der Waals surface area contributed by atoms with Gasteiger partial charge in [0.1, 0.15) is 0 Å². The Morgan fingerprint density at radius 1 is 0.500 bits per heavy atom. The first-order chi connectivity index (χ1) is 7.29. The van der Waals surface area contributed by atoms with Crippen molar-refractivity contribution in [2.75, 3.05) is 0 Å². The van der Waals surface area contributed by atoms with Gasteiger partial charge in [0.05, 0.1) is 11.1 Å². The molecule has 90 valence electrons.